The summed E-state index contributed by atoms with van der Waals surface area (Å²) in [4.78, 5) is 12.3. The summed E-state index contributed by atoms with van der Waals surface area (Å²) in [5.74, 6) is 0.665. The zero-order chi connectivity index (χ0) is 19.4. The first-order valence-corrected chi connectivity index (χ1v) is 10.2. The maximum Gasteiger partial charge on any atom is 0.234 e. The number of halogens is 2. The molecule has 3 rings (SSSR count). The number of anilines is 1. The van der Waals surface area contributed by atoms with Crippen molar-refractivity contribution in [3.63, 3.8) is 0 Å². The topological polar surface area (TPSA) is 80.0 Å². The third-order valence-corrected chi connectivity index (χ3v) is 5.49. The molecule has 0 bridgehead atoms. The van der Waals surface area contributed by atoms with E-state index >= 15 is 0 Å². The van der Waals surface area contributed by atoms with E-state index in [4.69, 9.17) is 11.6 Å². The molecule has 1 amide bonds. The van der Waals surface area contributed by atoms with Crippen molar-refractivity contribution < 1.29 is 9.90 Å². The number of hydrogen-bond acceptors (Lipinski definition) is 5. The van der Waals surface area contributed by atoms with Crippen LogP contribution < -0.4 is 5.32 Å². The SMILES string of the molecule is CCn1c(SCC(=O)Nc2ccc(Br)cc2Cl)nnc1-c1ccccc1O. The molecule has 2 aromatic carbocycles. The quantitative estimate of drug-likeness (QED) is 0.508. The summed E-state index contributed by atoms with van der Waals surface area (Å²) >= 11 is 10.7. The van der Waals surface area contributed by atoms with Gasteiger partial charge in [0.2, 0.25) is 5.91 Å². The Morgan fingerprint density at radius 1 is 1.30 bits per heavy atom. The lowest BCUT2D eigenvalue weighted by molar-refractivity contribution is -0.113. The van der Waals surface area contributed by atoms with Gasteiger partial charge < -0.3 is 15.0 Å². The molecular weight excluding hydrogens is 452 g/mol. The van der Waals surface area contributed by atoms with Crippen molar-refractivity contribution in [3.8, 4) is 17.1 Å². The predicted octanol–water partition coefficient (Wildman–Crippen LogP) is 4.82. The molecule has 0 saturated carbocycles. The third kappa shape index (κ3) is 4.63. The van der Waals surface area contributed by atoms with Crippen molar-refractivity contribution in [3.05, 3.63) is 52.0 Å². The van der Waals surface area contributed by atoms with Crippen LogP contribution in [0.25, 0.3) is 11.4 Å². The van der Waals surface area contributed by atoms with E-state index in [1.54, 1.807) is 36.4 Å². The number of amides is 1. The Morgan fingerprint density at radius 3 is 2.78 bits per heavy atom. The van der Waals surface area contributed by atoms with E-state index in [1.165, 1.54) is 11.8 Å². The first kappa shape index (κ1) is 19.7. The number of nitrogens with zero attached hydrogens (tertiary/aromatic N) is 3. The molecule has 0 radical (unpaired) electrons. The number of aromatic nitrogens is 3. The summed E-state index contributed by atoms with van der Waals surface area (Å²) in [6.07, 6.45) is 0. The standard InChI is InChI=1S/C18H16BrClN4O2S/c1-2-24-17(12-5-3-4-6-15(12)25)22-23-18(24)27-10-16(26)21-14-8-7-11(19)9-13(14)20/h3-9,25H,2,10H2,1H3,(H,21,26). The molecule has 0 aliphatic carbocycles. The van der Waals surface area contributed by atoms with Crippen molar-refractivity contribution in [2.24, 2.45) is 0 Å². The molecule has 0 spiro atoms. The largest absolute Gasteiger partial charge is 0.507 e. The van der Waals surface area contributed by atoms with Gasteiger partial charge in [-0.3, -0.25) is 4.79 Å². The Hall–Kier alpha value is -2.03. The van der Waals surface area contributed by atoms with E-state index in [0.717, 1.165) is 4.47 Å². The fraction of sp³-hybridized carbons (Fsp3) is 0.167. The Labute approximate surface area is 174 Å². The van der Waals surface area contributed by atoms with Crippen LogP contribution in [0, 0.1) is 0 Å². The van der Waals surface area contributed by atoms with E-state index in [0.29, 0.717) is 33.8 Å². The van der Waals surface area contributed by atoms with Crippen LogP contribution in [0.1, 0.15) is 6.92 Å². The van der Waals surface area contributed by atoms with Crippen LogP contribution in [-0.2, 0) is 11.3 Å². The van der Waals surface area contributed by atoms with E-state index in [-0.39, 0.29) is 17.4 Å². The lowest BCUT2D eigenvalue weighted by atomic mass is 10.2. The zero-order valence-corrected chi connectivity index (χ0v) is 17.5. The minimum absolute atomic E-state index is 0.138. The molecule has 27 heavy (non-hydrogen) atoms. The second kappa shape index (κ2) is 8.77. The zero-order valence-electron chi connectivity index (χ0n) is 14.3. The maximum atomic E-state index is 12.3. The average Bonchev–Trinajstić information content (AvgIpc) is 3.05. The Balaban J connectivity index is 1.71. The summed E-state index contributed by atoms with van der Waals surface area (Å²) in [5.41, 5.74) is 1.15. The number of nitrogens with one attached hydrogen (secondary N) is 1. The van der Waals surface area contributed by atoms with Crippen LogP contribution in [0.3, 0.4) is 0 Å². The molecule has 2 N–H and O–H groups in total. The number of para-hydroxylation sites is 1. The number of phenolic OH excluding ortho intramolecular Hbond substituents is 1. The highest BCUT2D eigenvalue weighted by Crippen LogP contribution is 2.30. The number of rotatable bonds is 6. The monoisotopic (exact) mass is 466 g/mol. The molecule has 3 aromatic rings. The van der Waals surface area contributed by atoms with Gasteiger partial charge in [-0.1, -0.05) is 51.4 Å². The summed E-state index contributed by atoms with van der Waals surface area (Å²) in [7, 11) is 0. The smallest absolute Gasteiger partial charge is 0.234 e. The predicted molar refractivity (Wildman–Crippen MR) is 111 cm³/mol. The van der Waals surface area contributed by atoms with Crippen LogP contribution in [0.15, 0.2) is 52.1 Å². The fourth-order valence-electron chi connectivity index (χ4n) is 2.45. The van der Waals surface area contributed by atoms with Crippen molar-refractivity contribution in [2.45, 2.75) is 18.6 Å². The van der Waals surface area contributed by atoms with Crippen molar-refractivity contribution in [2.75, 3.05) is 11.1 Å². The van der Waals surface area contributed by atoms with Crippen molar-refractivity contribution >= 4 is 50.9 Å². The molecule has 1 heterocycles. The average molecular weight is 468 g/mol. The molecule has 0 aliphatic heterocycles. The second-order valence-corrected chi connectivity index (χ2v) is 7.79. The van der Waals surface area contributed by atoms with Crippen molar-refractivity contribution in [1.82, 2.24) is 14.8 Å². The van der Waals surface area contributed by atoms with E-state index in [9.17, 15) is 9.90 Å². The first-order chi connectivity index (χ1) is 13.0. The number of hydrogen-bond donors (Lipinski definition) is 2. The number of phenols is 1. The molecule has 0 atom stereocenters. The Bertz CT molecular complexity index is 980. The van der Waals surface area contributed by atoms with E-state index in [1.807, 2.05) is 17.6 Å². The summed E-state index contributed by atoms with van der Waals surface area (Å²) in [6.45, 7) is 2.57. The number of aromatic hydroxyl groups is 1. The van der Waals surface area contributed by atoms with Crippen molar-refractivity contribution in [1.29, 1.82) is 0 Å². The molecule has 140 valence electrons. The lowest BCUT2D eigenvalue weighted by Crippen LogP contribution is -2.15. The van der Waals surface area contributed by atoms with Gasteiger partial charge in [0.15, 0.2) is 11.0 Å². The normalized spacial score (nSPS) is 10.8. The van der Waals surface area contributed by atoms with Gasteiger partial charge in [-0.2, -0.15) is 0 Å². The van der Waals surface area contributed by atoms with Crippen LogP contribution in [0.5, 0.6) is 5.75 Å². The highest BCUT2D eigenvalue weighted by molar-refractivity contribution is 9.10. The molecule has 0 unspecified atom stereocenters. The van der Waals surface area contributed by atoms with Crippen LogP contribution in [0.2, 0.25) is 5.02 Å². The van der Waals surface area contributed by atoms with Gasteiger partial charge in [0.1, 0.15) is 5.75 Å². The third-order valence-electron chi connectivity index (χ3n) is 3.72. The van der Waals surface area contributed by atoms with E-state index < -0.39 is 0 Å². The van der Waals surface area contributed by atoms with Gasteiger partial charge in [0, 0.05) is 11.0 Å². The molecule has 0 aliphatic rings. The molecular formula is C18H16BrClN4O2S. The van der Waals surface area contributed by atoms with Gasteiger partial charge in [0.25, 0.3) is 0 Å². The lowest BCUT2D eigenvalue weighted by Gasteiger charge is -2.09. The summed E-state index contributed by atoms with van der Waals surface area (Å²) in [5, 5.41) is 22.2. The van der Waals surface area contributed by atoms with E-state index in [2.05, 4.69) is 31.4 Å². The number of carbonyl (C=O) groups excluding carboxylic acids is 1. The minimum atomic E-state index is -0.195. The number of thioether (sulfide) groups is 1. The van der Waals surface area contributed by atoms with Crippen LogP contribution in [-0.4, -0.2) is 31.5 Å². The van der Waals surface area contributed by atoms with Gasteiger partial charge in [-0.15, -0.1) is 10.2 Å². The van der Waals surface area contributed by atoms with Crippen LogP contribution in [0.4, 0.5) is 5.69 Å². The van der Waals surface area contributed by atoms with Gasteiger partial charge in [-0.05, 0) is 37.3 Å². The molecule has 0 fully saturated rings. The van der Waals surface area contributed by atoms with Gasteiger partial charge in [0.05, 0.1) is 22.0 Å². The summed E-state index contributed by atoms with van der Waals surface area (Å²) < 4.78 is 2.70. The Kier molecular flexibility index (Phi) is 6.41. The number of carbonyl (C=O) groups is 1. The highest BCUT2D eigenvalue weighted by atomic mass is 79.9. The summed E-state index contributed by atoms with van der Waals surface area (Å²) in [6, 6.07) is 12.2. The van der Waals surface area contributed by atoms with Gasteiger partial charge in [-0.25, -0.2) is 0 Å². The second-order valence-electron chi connectivity index (χ2n) is 5.53. The molecule has 9 heteroatoms. The van der Waals surface area contributed by atoms with Crippen LogP contribution >= 0.6 is 39.3 Å². The molecule has 1 aromatic heterocycles. The Morgan fingerprint density at radius 2 is 2.07 bits per heavy atom. The molecule has 6 nitrogen and oxygen atoms in total. The maximum absolute atomic E-state index is 12.3. The van der Waals surface area contributed by atoms with Gasteiger partial charge >= 0.3 is 0 Å². The minimum Gasteiger partial charge on any atom is -0.507 e. The highest BCUT2D eigenvalue weighted by Gasteiger charge is 2.17. The first-order valence-electron chi connectivity index (χ1n) is 8.09. The fourth-order valence-corrected chi connectivity index (χ4v) is 3.97. The molecule has 0 saturated heterocycles. The number of benzene rings is 2.